The first-order valence-electron chi connectivity index (χ1n) is 9.05. The van der Waals surface area contributed by atoms with E-state index in [-0.39, 0.29) is 12.5 Å². The Morgan fingerprint density at radius 1 is 1.17 bits per heavy atom. The highest BCUT2D eigenvalue weighted by molar-refractivity contribution is 7.19. The molecule has 4 rings (SSSR count). The van der Waals surface area contributed by atoms with E-state index >= 15 is 0 Å². The van der Waals surface area contributed by atoms with E-state index in [1.807, 2.05) is 37.3 Å². The molecule has 0 unspecified atom stereocenters. The Balaban J connectivity index is 1.54. The maximum absolute atomic E-state index is 12.4. The smallest absolute Gasteiger partial charge is 0.262 e. The third kappa shape index (κ3) is 4.04. The number of methoxy groups -OCH3 is 1. The van der Waals surface area contributed by atoms with Crippen LogP contribution >= 0.6 is 11.3 Å². The molecule has 0 radical (unpaired) electrons. The summed E-state index contributed by atoms with van der Waals surface area (Å²) in [5, 5.41) is 16.5. The number of aromatic nitrogens is 4. The second-order valence-electron chi connectivity index (χ2n) is 6.14. The van der Waals surface area contributed by atoms with Gasteiger partial charge in [0, 0.05) is 12.0 Å². The first-order chi connectivity index (χ1) is 14.2. The molecule has 148 valence electrons. The quantitative estimate of drug-likeness (QED) is 0.503. The number of amides is 1. The van der Waals surface area contributed by atoms with Crippen molar-refractivity contribution < 1.29 is 14.3 Å². The fourth-order valence-corrected chi connectivity index (χ4v) is 3.64. The number of rotatable bonds is 7. The van der Waals surface area contributed by atoms with Crippen molar-refractivity contribution in [3.63, 3.8) is 0 Å². The van der Waals surface area contributed by atoms with Crippen molar-refractivity contribution in [2.75, 3.05) is 19.0 Å². The topological polar surface area (TPSA) is 90.6 Å². The maximum Gasteiger partial charge on any atom is 0.262 e. The van der Waals surface area contributed by atoms with Crippen LogP contribution in [0.15, 0.2) is 48.5 Å². The number of nitrogens with zero attached hydrogens (tertiary/aromatic N) is 4. The lowest BCUT2D eigenvalue weighted by molar-refractivity contribution is -0.118. The number of aryl methyl sites for hydroxylation is 1. The average Bonchev–Trinajstić information content (AvgIpc) is 3.34. The Hall–Kier alpha value is -3.46. The Bertz CT molecular complexity index is 1140. The fraction of sp³-hybridized carbons (Fsp3) is 0.200. The van der Waals surface area contributed by atoms with E-state index in [0.29, 0.717) is 17.2 Å². The van der Waals surface area contributed by atoms with Crippen LogP contribution in [0.1, 0.15) is 12.7 Å². The van der Waals surface area contributed by atoms with Crippen LogP contribution in [-0.2, 0) is 11.2 Å². The Kier molecular flexibility index (Phi) is 5.39. The summed E-state index contributed by atoms with van der Waals surface area (Å²) in [4.78, 5) is 13.1. The maximum atomic E-state index is 12.4. The molecule has 0 aliphatic carbocycles. The van der Waals surface area contributed by atoms with E-state index in [9.17, 15) is 4.79 Å². The molecule has 0 saturated heterocycles. The fourth-order valence-electron chi connectivity index (χ4n) is 2.79. The van der Waals surface area contributed by atoms with Crippen molar-refractivity contribution in [2.45, 2.75) is 13.3 Å². The molecule has 0 aliphatic heterocycles. The van der Waals surface area contributed by atoms with Crippen molar-refractivity contribution in [3.05, 3.63) is 54.4 Å². The van der Waals surface area contributed by atoms with E-state index in [1.54, 1.807) is 29.8 Å². The minimum atomic E-state index is -0.282. The first-order valence-corrected chi connectivity index (χ1v) is 9.87. The normalized spacial score (nSPS) is 10.8. The number of fused-ring (bicyclic) bond motifs is 1. The molecule has 8 nitrogen and oxygen atoms in total. The lowest BCUT2D eigenvalue weighted by Crippen LogP contribution is -2.20. The molecule has 4 aromatic rings. The second kappa shape index (κ2) is 8.27. The Labute approximate surface area is 171 Å². The van der Waals surface area contributed by atoms with Gasteiger partial charge >= 0.3 is 0 Å². The van der Waals surface area contributed by atoms with E-state index in [1.165, 1.54) is 11.3 Å². The van der Waals surface area contributed by atoms with E-state index in [0.717, 1.165) is 27.8 Å². The van der Waals surface area contributed by atoms with Crippen LogP contribution in [0.3, 0.4) is 0 Å². The van der Waals surface area contributed by atoms with Crippen LogP contribution in [-0.4, -0.2) is 39.4 Å². The van der Waals surface area contributed by atoms with Gasteiger partial charge in [0.15, 0.2) is 12.4 Å². The molecule has 0 fully saturated rings. The molecule has 2 aromatic heterocycles. The van der Waals surface area contributed by atoms with E-state index < -0.39 is 0 Å². The van der Waals surface area contributed by atoms with E-state index in [4.69, 9.17) is 9.47 Å². The van der Waals surface area contributed by atoms with Gasteiger partial charge in [0.05, 0.1) is 12.8 Å². The summed E-state index contributed by atoms with van der Waals surface area (Å²) in [7, 11) is 1.56. The van der Waals surface area contributed by atoms with Crippen LogP contribution in [0.25, 0.3) is 15.5 Å². The third-order valence-electron chi connectivity index (χ3n) is 4.21. The van der Waals surface area contributed by atoms with Crippen molar-refractivity contribution in [1.29, 1.82) is 0 Å². The zero-order chi connectivity index (χ0) is 20.2. The highest BCUT2D eigenvalue weighted by atomic mass is 32.1. The largest absolute Gasteiger partial charge is 0.495 e. The van der Waals surface area contributed by atoms with Gasteiger partial charge in [-0.25, -0.2) is 0 Å². The molecule has 0 bridgehead atoms. The number of hydrogen-bond acceptors (Lipinski definition) is 7. The average molecular weight is 409 g/mol. The van der Waals surface area contributed by atoms with Crippen molar-refractivity contribution in [1.82, 2.24) is 19.8 Å². The molecule has 0 atom stereocenters. The minimum Gasteiger partial charge on any atom is -0.495 e. The monoisotopic (exact) mass is 409 g/mol. The number of benzene rings is 2. The summed E-state index contributed by atoms with van der Waals surface area (Å²) in [6.45, 7) is 1.90. The Morgan fingerprint density at radius 3 is 2.76 bits per heavy atom. The van der Waals surface area contributed by atoms with Gasteiger partial charge in [0.2, 0.25) is 4.96 Å². The van der Waals surface area contributed by atoms with Gasteiger partial charge < -0.3 is 14.8 Å². The molecule has 2 aromatic carbocycles. The molecule has 29 heavy (non-hydrogen) atoms. The summed E-state index contributed by atoms with van der Waals surface area (Å²) in [6.07, 6.45) is 0.746. The van der Waals surface area contributed by atoms with Gasteiger partial charge in [-0.15, -0.1) is 10.2 Å². The first kappa shape index (κ1) is 18.9. The summed E-state index contributed by atoms with van der Waals surface area (Å²) in [5.41, 5.74) is 1.40. The highest BCUT2D eigenvalue weighted by Crippen LogP contribution is 2.32. The number of hydrogen-bond donors (Lipinski definition) is 1. The third-order valence-corrected chi connectivity index (χ3v) is 5.15. The van der Waals surface area contributed by atoms with Crippen LogP contribution in [0, 0.1) is 0 Å². The van der Waals surface area contributed by atoms with Gasteiger partial charge in [-0.05, 0) is 30.3 Å². The van der Waals surface area contributed by atoms with Crippen LogP contribution in [0.2, 0.25) is 0 Å². The van der Waals surface area contributed by atoms with Crippen LogP contribution in [0.4, 0.5) is 5.69 Å². The predicted molar refractivity (Wildman–Crippen MR) is 111 cm³/mol. The van der Waals surface area contributed by atoms with Crippen molar-refractivity contribution in [2.24, 2.45) is 0 Å². The molecule has 2 heterocycles. The van der Waals surface area contributed by atoms with Gasteiger partial charge in [-0.2, -0.15) is 9.61 Å². The van der Waals surface area contributed by atoms with Crippen molar-refractivity contribution in [3.8, 4) is 22.1 Å². The number of carbonyl (C=O) groups excluding carboxylic acids is 1. The number of anilines is 1. The molecular formula is C20H19N5O3S. The SMILES string of the molecule is CCc1nnc2sc(-c3ccc(OC)c(NC(=O)COc4ccccc4)c3)nn12. The zero-order valence-corrected chi connectivity index (χ0v) is 16.8. The van der Waals surface area contributed by atoms with Gasteiger partial charge in [-0.1, -0.05) is 36.5 Å². The molecule has 1 amide bonds. The number of carbonyl (C=O) groups is 1. The molecular weight excluding hydrogens is 390 g/mol. The molecule has 0 aliphatic rings. The molecule has 0 saturated carbocycles. The molecule has 9 heteroatoms. The van der Waals surface area contributed by atoms with Crippen LogP contribution in [0.5, 0.6) is 11.5 Å². The minimum absolute atomic E-state index is 0.103. The summed E-state index contributed by atoms with van der Waals surface area (Å²) in [6, 6.07) is 14.7. The van der Waals surface area contributed by atoms with Gasteiger partial charge in [-0.3, -0.25) is 4.79 Å². The highest BCUT2D eigenvalue weighted by Gasteiger charge is 2.15. The standard InChI is InChI=1S/C20H19N5O3S/c1-3-17-22-23-20-25(17)24-19(29-20)13-9-10-16(27-2)15(11-13)21-18(26)12-28-14-7-5-4-6-8-14/h4-11H,3,12H2,1-2H3,(H,21,26). The lowest BCUT2D eigenvalue weighted by atomic mass is 10.2. The van der Waals surface area contributed by atoms with Gasteiger partial charge in [0.1, 0.15) is 16.5 Å². The summed E-state index contributed by atoms with van der Waals surface area (Å²) < 4.78 is 12.6. The predicted octanol–water partition coefficient (Wildman–Crippen LogP) is 3.44. The van der Waals surface area contributed by atoms with Crippen LogP contribution < -0.4 is 14.8 Å². The summed E-state index contributed by atoms with van der Waals surface area (Å²) in [5.74, 6) is 1.72. The Morgan fingerprint density at radius 2 is 2.00 bits per heavy atom. The second-order valence-corrected chi connectivity index (χ2v) is 7.09. The summed E-state index contributed by atoms with van der Waals surface area (Å²) >= 11 is 1.44. The lowest BCUT2D eigenvalue weighted by Gasteiger charge is -2.12. The van der Waals surface area contributed by atoms with Gasteiger partial charge in [0.25, 0.3) is 5.91 Å². The zero-order valence-electron chi connectivity index (χ0n) is 16.0. The van der Waals surface area contributed by atoms with Crippen molar-refractivity contribution >= 4 is 27.9 Å². The molecule has 1 N–H and O–H groups in total. The number of para-hydroxylation sites is 1. The number of ether oxygens (including phenoxy) is 2. The number of nitrogens with one attached hydrogen (secondary N) is 1. The van der Waals surface area contributed by atoms with E-state index in [2.05, 4.69) is 20.6 Å². The molecule has 0 spiro atoms.